The molecule has 10 heteroatoms. The van der Waals surface area contributed by atoms with Crippen molar-refractivity contribution in [3.63, 3.8) is 0 Å². The van der Waals surface area contributed by atoms with Gasteiger partial charge in [-0.3, -0.25) is 19.2 Å². The number of fused-ring (bicyclic) bond motifs is 2. The summed E-state index contributed by atoms with van der Waals surface area (Å²) in [5.41, 5.74) is 10.6. The van der Waals surface area contributed by atoms with Crippen molar-refractivity contribution in [3.8, 4) is 0 Å². The van der Waals surface area contributed by atoms with Gasteiger partial charge in [0.25, 0.3) is 5.91 Å². The topological polar surface area (TPSA) is 155 Å². The third kappa shape index (κ3) is 7.39. The highest BCUT2D eigenvalue weighted by atomic mass is 16.6. The fourth-order valence-electron chi connectivity index (χ4n) is 5.32. The molecular formula is C36H35N5O5. The number of aromatic nitrogens is 1. The molecule has 0 bridgehead atoms. The zero-order valence-corrected chi connectivity index (χ0v) is 25.6. The molecular weight excluding hydrogens is 582 g/mol. The summed E-state index contributed by atoms with van der Waals surface area (Å²) < 4.78 is 0. The SMILES string of the molecule is Cc1ccc(CC(C)(NC(=O)[C@@H](N)Cc2c[nH]c3ccccc23)C(=O)NC(=C=O)C(=O)NOCc2cccc3ccccc23)cc1. The molecule has 0 saturated carbocycles. The van der Waals surface area contributed by atoms with Gasteiger partial charge >= 0.3 is 5.91 Å². The number of H-pyrrole nitrogens is 1. The highest BCUT2D eigenvalue weighted by Crippen LogP contribution is 2.21. The Morgan fingerprint density at radius 1 is 0.913 bits per heavy atom. The van der Waals surface area contributed by atoms with Gasteiger partial charge in [-0.15, -0.1) is 0 Å². The van der Waals surface area contributed by atoms with Crippen molar-refractivity contribution in [1.29, 1.82) is 0 Å². The van der Waals surface area contributed by atoms with Crippen molar-refractivity contribution in [2.75, 3.05) is 0 Å². The lowest BCUT2D eigenvalue weighted by atomic mass is 9.90. The van der Waals surface area contributed by atoms with Crippen molar-refractivity contribution in [2.24, 2.45) is 5.73 Å². The molecule has 10 nitrogen and oxygen atoms in total. The Labute approximate surface area is 266 Å². The summed E-state index contributed by atoms with van der Waals surface area (Å²) >= 11 is 0. The average Bonchev–Trinajstić information content (AvgIpc) is 3.47. The summed E-state index contributed by atoms with van der Waals surface area (Å²) in [4.78, 5) is 60.3. The minimum absolute atomic E-state index is 0.0166. The van der Waals surface area contributed by atoms with E-state index >= 15 is 0 Å². The normalized spacial score (nSPS) is 12.9. The number of hydrogen-bond acceptors (Lipinski definition) is 6. The Bertz CT molecular complexity index is 1940. The zero-order chi connectivity index (χ0) is 32.7. The number of aromatic amines is 1. The first kappa shape index (κ1) is 31.9. The van der Waals surface area contributed by atoms with E-state index in [4.69, 9.17) is 10.6 Å². The van der Waals surface area contributed by atoms with Crippen molar-refractivity contribution in [1.82, 2.24) is 21.1 Å². The highest BCUT2D eigenvalue weighted by Gasteiger charge is 2.38. The monoisotopic (exact) mass is 617 g/mol. The average molecular weight is 618 g/mol. The van der Waals surface area contributed by atoms with Gasteiger partial charge in [0.2, 0.25) is 5.91 Å². The lowest BCUT2D eigenvalue weighted by molar-refractivity contribution is -0.135. The predicted octanol–water partition coefficient (Wildman–Crippen LogP) is 3.70. The lowest BCUT2D eigenvalue weighted by Crippen LogP contribution is -2.61. The molecule has 1 aromatic heterocycles. The van der Waals surface area contributed by atoms with E-state index in [2.05, 4.69) is 21.1 Å². The molecule has 0 radical (unpaired) electrons. The third-order valence-corrected chi connectivity index (χ3v) is 7.87. The van der Waals surface area contributed by atoms with Gasteiger partial charge in [-0.25, -0.2) is 10.3 Å². The molecule has 2 atom stereocenters. The molecule has 46 heavy (non-hydrogen) atoms. The first-order valence-electron chi connectivity index (χ1n) is 14.8. The third-order valence-electron chi connectivity index (χ3n) is 7.87. The van der Waals surface area contributed by atoms with Gasteiger partial charge in [-0.1, -0.05) is 90.5 Å². The summed E-state index contributed by atoms with van der Waals surface area (Å²) in [6.45, 7) is 3.46. The molecule has 1 unspecified atom stereocenters. The quantitative estimate of drug-likeness (QED) is 0.0817. The smallest absolute Gasteiger partial charge is 0.302 e. The van der Waals surface area contributed by atoms with Crippen LogP contribution in [0.4, 0.5) is 0 Å². The molecule has 234 valence electrons. The van der Waals surface area contributed by atoms with Gasteiger partial charge in [0.05, 0.1) is 6.04 Å². The minimum Gasteiger partial charge on any atom is -0.361 e. The molecule has 0 spiro atoms. The van der Waals surface area contributed by atoms with E-state index in [0.29, 0.717) is 0 Å². The molecule has 1 heterocycles. The van der Waals surface area contributed by atoms with E-state index in [9.17, 15) is 19.2 Å². The molecule has 0 aliphatic carbocycles. The zero-order valence-electron chi connectivity index (χ0n) is 25.6. The number of hydrogen-bond donors (Lipinski definition) is 5. The van der Waals surface area contributed by atoms with Crippen LogP contribution in [-0.2, 0) is 43.5 Å². The van der Waals surface area contributed by atoms with Crippen LogP contribution < -0.4 is 21.8 Å². The number of hydroxylamine groups is 1. The number of rotatable bonds is 12. The van der Waals surface area contributed by atoms with Crippen LogP contribution in [0.15, 0.2) is 103 Å². The lowest BCUT2D eigenvalue weighted by Gasteiger charge is -2.31. The number of amides is 3. The van der Waals surface area contributed by atoms with E-state index < -0.39 is 35.0 Å². The Balaban J connectivity index is 1.27. The largest absolute Gasteiger partial charge is 0.361 e. The molecule has 5 aromatic rings. The van der Waals surface area contributed by atoms with Crippen LogP contribution >= 0.6 is 0 Å². The maximum absolute atomic E-state index is 13.7. The molecule has 6 N–H and O–H groups in total. The molecule has 3 amide bonds. The van der Waals surface area contributed by atoms with Crippen LogP contribution in [0, 0.1) is 6.92 Å². The van der Waals surface area contributed by atoms with Crippen molar-refractivity contribution in [3.05, 3.63) is 125 Å². The van der Waals surface area contributed by atoms with E-state index in [0.717, 1.165) is 43.9 Å². The summed E-state index contributed by atoms with van der Waals surface area (Å²) in [6, 6.07) is 27.5. The van der Waals surface area contributed by atoms with E-state index in [1.165, 1.54) is 12.9 Å². The fraction of sp³-hybridized carbons (Fsp3) is 0.194. The molecule has 0 fully saturated rings. The predicted molar refractivity (Wildman–Crippen MR) is 176 cm³/mol. The number of nitrogens with one attached hydrogen (secondary N) is 4. The number of para-hydroxylation sites is 1. The van der Waals surface area contributed by atoms with Gasteiger partial charge in [0.1, 0.15) is 12.1 Å². The van der Waals surface area contributed by atoms with Crippen LogP contribution in [0.2, 0.25) is 0 Å². The van der Waals surface area contributed by atoms with Crippen LogP contribution in [0.3, 0.4) is 0 Å². The second-order valence-corrected chi connectivity index (χ2v) is 11.4. The molecule has 5 rings (SSSR count). The summed E-state index contributed by atoms with van der Waals surface area (Å²) in [5.74, 6) is -0.895. The number of carbonyl (C=O) groups is 3. The van der Waals surface area contributed by atoms with Gasteiger partial charge in [0.15, 0.2) is 11.6 Å². The van der Waals surface area contributed by atoms with Gasteiger partial charge in [0, 0.05) is 23.5 Å². The van der Waals surface area contributed by atoms with Crippen molar-refractivity contribution < 1.29 is 24.0 Å². The number of benzene rings is 4. The fourth-order valence-corrected chi connectivity index (χ4v) is 5.32. The molecule has 4 aromatic carbocycles. The molecule has 0 aliphatic heterocycles. The molecule has 0 aliphatic rings. The Morgan fingerprint density at radius 2 is 1.61 bits per heavy atom. The Morgan fingerprint density at radius 3 is 2.37 bits per heavy atom. The maximum Gasteiger partial charge on any atom is 0.302 e. The van der Waals surface area contributed by atoms with Gasteiger partial charge in [-0.2, -0.15) is 0 Å². The molecule has 0 saturated heterocycles. The van der Waals surface area contributed by atoms with Crippen LogP contribution in [0.5, 0.6) is 0 Å². The number of nitrogens with two attached hydrogens (primary N) is 1. The van der Waals surface area contributed by atoms with Crippen LogP contribution in [0.25, 0.3) is 21.7 Å². The first-order valence-corrected chi connectivity index (χ1v) is 14.8. The maximum atomic E-state index is 13.7. The highest BCUT2D eigenvalue weighted by molar-refractivity contribution is 6.05. The van der Waals surface area contributed by atoms with E-state index in [1.54, 1.807) is 6.20 Å². The Hall–Kier alpha value is -5.54. The van der Waals surface area contributed by atoms with E-state index in [1.807, 2.05) is 97.9 Å². The number of carbonyl (C=O) groups excluding carboxylic acids is 4. The Kier molecular flexibility index (Phi) is 9.73. The summed E-state index contributed by atoms with van der Waals surface area (Å²) in [6.07, 6.45) is 2.07. The summed E-state index contributed by atoms with van der Waals surface area (Å²) in [7, 11) is 0. The van der Waals surface area contributed by atoms with E-state index in [-0.39, 0.29) is 19.4 Å². The second-order valence-electron chi connectivity index (χ2n) is 11.4. The van der Waals surface area contributed by atoms with Crippen molar-refractivity contribution >= 4 is 45.3 Å². The van der Waals surface area contributed by atoms with Crippen LogP contribution in [-0.4, -0.2) is 40.2 Å². The van der Waals surface area contributed by atoms with Gasteiger partial charge < -0.3 is 21.4 Å². The number of aryl methyl sites for hydroxylation is 1. The second kappa shape index (κ2) is 14.0. The first-order chi connectivity index (χ1) is 22.2. The standard InChI is InChI=1S/C36H35N5O5/c1-23-14-16-24(17-15-23)19-36(2,40-33(43)30(37)18-27-20-38-31-13-6-5-12-29(27)31)35(45)39-32(21-42)34(44)41-46-22-26-10-7-9-25-8-3-4-11-28(25)26/h3-17,20,30,38H,18-19,22,37H2,1-2H3,(H,39,45)(H,40,43)(H,41,44)/t30-,36?/m0/s1. The van der Waals surface area contributed by atoms with Crippen molar-refractivity contribution in [2.45, 2.75) is 44.9 Å². The van der Waals surface area contributed by atoms with Gasteiger partial charge in [-0.05, 0) is 53.8 Å². The minimum atomic E-state index is -1.60. The summed E-state index contributed by atoms with van der Waals surface area (Å²) in [5, 5.41) is 8.01. The van der Waals surface area contributed by atoms with Crippen LogP contribution in [0.1, 0.15) is 29.2 Å².